The van der Waals surface area contributed by atoms with Crippen molar-refractivity contribution in [1.29, 1.82) is 0 Å². The number of nitrogens with zero attached hydrogens (tertiary/aromatic N) is 3. The summed E-state index contributed by atoms with van der Waals surface area (Å²) in [5.74, 6) is 1.40. The predicted molar refractivity (Wildman–Crippen MR) is 98.3 cm³/mol. The van der Waals surface area contributed by atoms with Gasteiger partial charge in [-0.2, -0.15) is 0 Å². The molecule has 1 aliphatic rings. The van der Waals surface area contributed by atoms with Crippen molar-refractivity contribution < 1.29 is 14.1 Å². The summed E-state index contributed by atoms with van der Waals surface area (Å²) in [5, 5.41) is 6.84. The van der Waals surface area contributed by atoms with Gasteiger partial charge in [-0.3, -0.25) is 4.79 Å². The minimum Gasteiger partial charge on any atom is -0.497 e. The number of amides is 1. The number of benzene rings is 1. The highest BCUT2D eigenvalue weighted by Crippen LogP contribution is 2.24. The number of hydrogen-bond acceptors (Lipinski definition) is 6. The number of rotatable bonds is 5. The molecule has 0 saturated heterocycles. The summed E-state index contributed by atoms with van der Waals surface area (Å²) in [5.41, 5.74) is 3.81. The van der Waals surface area contributed by atoms with Crippen LogP contribution in [-0.2, 0) is 19.4 Å². The Bertz CT molecular complexity index is 950. The van der Waals surface area contributed by atoms with Crippen molar-refractivity contribution in [3.63, 3.8) is 0 Å². The molecule has 0 spiro atoms. The van der Waals surface area contributed by atoms with E-state index in [0.29, 0.717) is 12.2 Å². The number of fused-ring (bicyclic) bond motifs is 1. The number of aryl methyl sites for hydroxylation is 1. The number of carbonyl (C=O) groups excluding carboxylic acids is 1. The van der Waals surface area contributed by atoms with Crippen LogP contribution in [0.1, 0.15) is 40.3 Å². The van der Waals surface area contributed by atoms with E-state index in [9.17, 15) is 4.79 Å². The molecule has 0 unspecified atom stereocenters. The van der Waals surface area contributed by atoms with E-state index < -0.39 is 0 Å². The van der Waals surface area contributed by atoms with Crippen molar-refractivity contribution in [3.05, 3.63) is 59.4 Å². The Kier molecular flexibility index (Phi) is 4.82. The molecule has 0 bridgehead atoms. The Balaban J connectivity index is 1.45. The van der Waals surface area contributed by atoms with Gasteiger partial charge in [0.05, 0.1) is 25.0 Å². The number of carbonyl (C=O) groups is 1. The van der Waals surface area contributed by atoms with Gasteiger partial charge in [0.1, 0.15) is 17.8 Å². The van der Waals surface area contributed by atoms with Crippen molar-refractivity contribution in [2.75, 3.05) is 7.11 Å². The second-order valence-electron chi connectivity index (χ2n) is 6.45. The number of hydrogen-bond donors (Lipinski definition) is 1. The van der Waals surface area contributed by atoms with Gasteiger partial charge in [-0.1, -0.05) is 5.16 Å². The standard InChI is InChI=1S/C20H20N4O3/c1-26-15-8-6-13(7-9-15)17-10-14(22-12-23-17)11-21-20(25)19-16-4-2-3-5-18(16)27-24-19/h6-10,12H,2-5,11H2,1H3,(H,21,25). The molecule has 0 aliphatic heterocycles. The topological polar surface area (TPSA) is 90.1 Å². The molecular weight excluding hydrogens is 344 g/mol. The lowest BCUT2D eigenvalue weighted by molar-refractivity contribution is 0.0940. The Morgan fingerprint density at radius 1 is 1.19 bits per heavy atom. The molecular formula is C20H20N4O3. The van der Waals surface area contributed by atoms with Gasteiger partial charge >= 0.3 is 0 Å². The predicted octanol–water partition coefficient (Wildman–Crippen LogP) is 2.95. The lowest BCUT2D eigenvalue weighted by Crippen LogP contribution is -2.25. The summed E-state index contributed by atoms with van der Waals surface area (Å²) in [6.07, 6.45) is 5.34. The second kappa shape index (κ2) is 7.57. The third-order valence-corrected chi connectivity index (χ3v) is 4.70. The van der Waals surface area contributed by atoms with E-state index in [0.717, 1.165) is 59.7 Å². The summed E-state index contributed by atoms with van der Waals surface area (Å²) in [6, 6.07) is 9.50. The Morgan fingerprint density at radius 3 is 2.81 bits per heavy atom. The Labute approximate surface area is 156 Å². The zero-order valence-electron chi connectivity index (χ0n) is 15.1. The second-order valence-corrected chi connectivity index (χ2v) is 6.45. The number of ether oxygens (including phenoxy) is 1. The lowest BCUT2D eigenvalue weighted by Gasteiger charge is -2.09. The first-order chi connectivity index (χ1) is 13.2. The fourth-order valence-electron chi connectivity index (χ4n) is 3.23. The van der Waals surface area contributed by atoms with Gasteiger partial charge in [0.25, 0.3) is 5.91 Å². The molecule has 1 aromatic carbocycles. The maximum Gasteiger partial charge on any atom is 0.274 e. The van der Waals surface area contributed by atoms with E-state index in [-0.39, 0.29) is 5.91 Å². The van der Waals surface area contributed by atoms with Crippen molar-refractivity contribution in [3.8, 4) is 17.0 Å². The molecule has 2 heterocycles. The lowest BCUT2D eigenvalue weighted by atomic mass is 9.96. The van der Waals surface area contributed by atoms with Crippen LogP contribution in [0.3, 0.4) is 0 Å². The minimum absolute atomic E-state index is 0.230. The average Bonchev–Trinajstić information content (AvgIpc) is 3.16. The first-order valence-electron chi connectivity index (χ1n) is 8.95. The van der Waals surface area contributed by atoms with Crippen LogP contribution in [0.4, 0.5) is 0 Å². The molecule has 27 heavy (non-hydrogen) atoms. The summed E-state index contributed by atoms with van der Waals surface area (Å²) in [4.78, 5) is 21.0. The molecule has 1 N–H and O–H groups in total. The van der Waals surface area contributed by atoms with Crippen molar-refractivity contribution in [2.45, 2.75) is 32.2 Å². The maximum absolute atomic E-state index is 12.5. The Hall–Kier alpha value is -3.22. The van der Waals surface area contributed by atoms with Gasteiger partial charge in [-0.05, 0) is 49.6 Å². The van der Waals surface area contributed by atoms with Crippen molar-refractivity contribution >= 4 is 5.91 Å². The van der Waals surface area contributed by atoms with Crippen LogP contribution in [0.25, 0.3) is 11.3 Å². The SMILES string of the molecule is COc1ccc(-c2cc(CNC(=O)c3noc4c3CCCC4)ncn2)cc1. The van der Waals surface area contributed by atoms with Crippen LogP contribution < -0.4 is 10.1 Å². The van der Waals surface area contributed by atoms with Crippen LogP contribution in [0, 0.1) is 0 Å². The molecule has 7 nitrogen and oxygen atoms in total. The maximum atomic E-state index is 12.5. The van der Waals surface area contributed by atoms with Crippen LogP contribution in [0.5, 0.6) is 5.75 Å². The molecule has 0 atom stereocenters. The van der Waals surface area contributed by atoms with Crippen molar-refractivity contribution in [2.24, 2.45) is 0 Å². The van der Waals surface area contributed by atoms with Gasteiger partial charge in [0, 0.05) is 17.5 Å². The van der Waals surface area contributed by atoms with Gasteiger partial charge < -0.3 is 14.6 Å². The molecule has 0 radical (unpaired) electrons. The van der Waals surface area contributed by atoms with E-state index in [1.807, 2.05) is 30.3 Å². The molecule has 4 rings (SSSR count). The molecule has 1 aliphatic carbocycles. The van der Waals surface area contributed by atoms with Gasteiger partial charge in [0.2, 0.25) is 0 Å². The van der Waals surface area contributed by atoms with Gasteiger partial charge in [0.15, 0.2) is 5.69 Å². The third-order valence-electron chi connectivity index (χ3n) is 4.70. The van der Waals surface area contributed by atoms with E-state index in [1.54, 1.807) is 7.11 Å². The molecule has 1 amide bonds. The average molecular weight is 364 g/mol. The van der Waals surface area contributed by atoms with Crippen LogP contribution in [0.15, 0.2) is 41.2 Å². The number of methoxy groups -OCH3 is 1. The number of aromatic nitrogens is 3. The zero-order valence-corrected chi connectivity index (χ0v) is 15.1. The number of nitrogens with one attached hydrogen (secondary N) is 1. The molecule has 7 heteroatoms. The highest BCUT2D eigenvalue weighted by Gasteiger charge is 2.23. The van der Waals surface area contributed by atoms with Crippen LogP contribution in [-0.4, -0.2) is 28.1 Å². The van der Waals surface area contributed by atoms with E-state index in [4.69, 9.17) is 9.26 Å². The van der Waals surface area contributed by atoms with Crippen LogP contribution >= 0.6 is 0 Å². The van der Waals surface area contributed by atoms with E-state index in [2.05, 4.69) is 20.4 Å². The summed E-state index contributed by atoms with van der Waals surface area (Å²) in [6.45, 7) is 0.298. The summed E-state index contributed by atoms with van der Waals surface area (Å²) >= 11 is 0. The fourth-order valence-corrected chi connectivity index (χ4v) is 3.23. The quantitative estimate of drug-likeness (QED) is 0.749. The smallest absolute Gasteiger partial charge is 0.274 e. The largest absolute Gasteiger partial charge is 0.497 e. The monoisotopic (exact) mass is 364 g/mol. The minimum atomic E-state index is -0.230. The first-order valence-corrected chi connectivity index (χ1v) is 8.95. The highest BCUT2D eigenvalue weighted by atomic mass is 16.5. The van der Waals surface area contributed by atoms with E-state index in [1.165, 1.54) is 6.33 Å². The molecule has 0 saturated carbocycles. The van der Waals surface area contributed by atoms with Crippen molar-refractivity contribution in [1.82, 2.24) is 20.4 Å². The van der Waals surface area contributed by atoms with Gasteiger partial charge in [-0.15, -0.1) is 0 Å². The normalized spacial score (nSPS) is 13.1. The third kappa shape index (κ3) is 3.67. The zero-order chi connectivity index (χ0) is 18.6. The molecule has 2 aromatic heterocycles. The molecule has 0 fully saturated rings. The van der Waals surface area contributed by atoms with E-state index >= 15 is 0 Å². The highest BCUT2D eigenvalue weighted by molar-refractivity contribution is 5.93. The molecule has 138 valence electrons. The summed E-state index contributed by atoms with van der Waals surface area (Å²) < 4.78 is 10.5. The molecule has 3 aromatic rings. The summed E-state index contributed by atoms with van der Waals surface area (Å²) in [7, 11) is 1.63. The fraction of sp³-hybridized carbons (Fsp3) is 0.300. The van der Waals surface area contributed by atoms with Crippen LogP contribution in [0.2, 0.25) is 0 Å². The van der Waals surface area contributed by atoms with Gasteiger partial charge in [-0.25, -0.2) is 9.97 Å². The Morgan fingerprint density at radius 2 is 2.00 bits per heavy atom. The first kappa shape index (κ1) is 17.2.